The van der Waals surface area contributed by atoms with Crippen LogP contribution >= 0.6 is 0 Å². The minimum absolute atomic E-state index is 0.0721. The van der Waals surface area contributed by atoms with Crippen molar-refractivity contribution in [2.75, 3.05) is 31.6 Å². The monoisotopic (exact) mass is 328 g/mol. The molecule has 24 heavy (non-hydrogen) atoms. The first-order valence-electron chi connectivity index (χ1n) is 9.47. The maximum atomic E-state index is 13.2. The van der Waals surface area contributed by atoms with Crippen LogP contribution < -0.4 is 5.32 Å². The Hall–Kier alpha value is -1.55. The Morgan fingerprint density at radius 1 is 1.33 bits per heavy atom. The van der Waals surface area contributed by atoms with Crippen LogP contribution in [0.25, 0.3) is 0 Å². The highest BCUT2D eigenvalue weighted by atomic mass is 16.3. The molecule has 1 atom stereocenters. The lowest BCUT2D eigenvalue weighted by Crippen LogP contribution is -2.48. The fourth-order valence-electron chi connectivity index (χ4n) is 4.53. The van der Waals surface area contributed by atoms with E-state index in [-0.39, 0.29) is 17.9 Å². The molecule has 1 saturated carbocycles. The van der Waals surface area contributed by atoms with E-state index in [0.717, 1.165) is 62.4 Å². The van der Waals surface area contributed by atoms with E-state index in [9.17, 15) is 9.90 Å². The van der Waals surface area contributed by atoms with Gasteiger partial charge in [0, 0.05) is 25.0 Å². The van der Waals surface area contributed by atoms with E-state index < -0.39 is 0 Å². The number of aliphatic hydroxyl groups excluding tert-OH is 1. The number of nitrogens with zero attached hydrogens (tertiary/aromatic N) is 1. The molecule has 1 amide bonds. The van der Waals surface area contributed by atoms with Gasteiger partial charge in [0.15, 0.2) is 0 Å². The van der Waals surface area contributed by atoms with Crippen molar-refractivity contribution < 1.29 is 9.90 Å². The standard InChI is InChI=1S/C20H28N2O2/c23-14-20(12-15-7-8-15)9-3-11-22(13-20)19(24)17-6-1-4-16-5-2-10-21-18(16)17/h1,4,6,15,21,23H,2-3,5,7-14H2/t20-/m1/s1. The van der Waals surface area contributed by atoms with Gasteiger partial charge >= 0.3 is 0 Å². The topological polar surface area (TPSA) is 52.6 Å². The molecular weight excluding hydrogens is 300 g/mol. The Kier molecular flexibility index (Phi) is 4.25. The summed E-state index contributed by atoms with van der Waals surface area (Å²) in [6.07, 6.45) is 7.90. The molecule has 1 aliphatic carbocycles. The Balaban J connectivity index is 1.55. The van der Waals surface area contributed by atoms with Crippen molar-refractivity contribution >= 4 is 11.6 Å². The molecule has 2 heterocycles. The van der Waals surface area contributed by atoms with Gasteiger partial charge in [-0.15, -0.1) is 0 Å². The maximum absolute atomic E-state index is 13.2. The molecule has 1 saturated heterocycles. The number of rotatable bonds is 4. The van der Waals surface area contributed by atoms with Crippen molar-refractivity contribution in [2.24, 2.45) is 11.3 Å². The third-order valence-corrected chi connectivity index (χ3v) is 6.01. The Morgan fingerprint density at radius 2 is 2.21 bits per heavy atom. The quantitative estimate of drug-likeness (QED) is 0.893. The lowest BCUT2D eigenvalue weighted by Gasteiger charge is -2.42. The molecule has 4 heteroatoms. The first-order chi connectivity index (χ1) is 11.7. The third-order valence-electron chi connectivity index (χ3n) is 6.01. The van der Waals surface area contributed by atoms with E-state index in [1.54, 1.807) is 0 Å². The van der Waals surface area contributed by atoms with Crippen LogP contribution in [0.3, 0.4) is 0 Å². The summed E-state index contributed by atoms with van der Waals surface area (Å²) in [6, 6.07) is 6.09. The van der Waals surface area contributed by atoms with Gasteiger partial charge in [0.25, 0.3) is 5.91 Å². The third kappa shape index (κ3) is 3.04. The highest BCUT2D eigenvalue weighted by Gasteiger charge is 2.41. The molecule has 130 valence electrons. The molecule has 1 aromatic rings. The number of amides is 1. The van der Waals surface area contributed by atoms with Crippen molar-refractivity contribution in [3.05, 3.63) is 29.3 Å². The molecule has 2 aliphatic heterocycles. The van der Waals surface area contributed by atoms with Crippen LogP contribution in [-0.2, 0) is 6.42 Å². The average Bonchev–Trinajstić information content (AvgIpc) is 3.44. The van der Waals surface area contributed by atoms with Crippen molar-refractivity contribution in [3.8, 4) is 0 Å². The van der Waals surface area contributed by atoms with Gasteiger partial charge in [-0.05, 0) is 49.7 Å². The van der Waals surface area contributed by atoms with Crippen LogP contribution in [0, 0.1) is 11.3 Å². The van der Waals surface area contributed by atoms with Crippen molar-refractivity contribution in [1.82, 2.24) is 4.90 Å². The van der Waals surface area contributed by atoms with Crippen molar-refractivity contribution in [3.63, 3.8) is 0 Å². The van der Waals surface area contributed by atoms with Gasteiger partial charge in [0.05, 0.1) is 17.9 Å². The molecule has 0 spiro atoms. The van der Waals surface area contributed by atoms with E-state index >= 15 is 0 Å². The second kappa shape index (κ2) is 6.40. The van der Waals surface area contributed by atoms with Gasteiger partial charge in [-0.3, -0.25) is 4.79 Å². The highest BCUT2D eigenvalue weighted by Crippen LogP contribution is 2.44. The molecular formula is C20H28N2O2. The lowest BCUT2D eigenvalue weighted by molar-refractivity contribution is 0.0196. The number of benzene rings is 1. The minimum Gasteiger partial charge on any atom is -0.396 e. The number of carbonyl (C=O) groups excluding carboxylic acids is 1. The molecule has 4 nitrogen and oxygen atoms in total. The summed E-state index contributed by atoms with van der Waals surface area (Å²) in [5.41, 5.74) is 3.04. The minimum atomic E-state index is -0.0721. The van der Waals surface area contributed by atoms with Crippen LogP contribution in [-0.4, -0.2) is 42.2 Å². The number of fused-ring (bicyclic) bond motifs is 1. The number of hydrogen-bond acceptors (Lipinski definition) is 3. The molecule has 0 radical (unpaired) electrons. The number of likely N-dealkylation sites (tertiary alicyclic amines) is 1. The number of hydrogen-bond donors (Lipinski definition) is 2. The normalized spacial score (nSPS) is 26.6. The van der Waals surface area contributed by atoms with Gasteiger partial charge in [0.1, 0.15) is 0 Å². The van der Waals surface area contributed by atoms with Crippen LogP contribution in [0.4, 0.5) is 5.69 Å². The van der Waals surface area contributed by atoms with Crippen LogP contribution in [0.2, 0.25) is 0 Å². The maximum Gasteiger partial charge on any atom is 0.255 e. The smallest absolute Gasteiger partial charge is 0.255 e. The van der Waals surface area contributed by atoms with E-state index in [2.05, 4.69) is 11.4 Å². The summed E-state index contributed by atoms with van der Waals surface area (Å²) < 4.78 is 0. The zero-order valence-corrected chi connectivity index (χ0v) is 14.4. The fourth-order valence-corrected chi connectivity index (χ4v) is 4.53. The number of nitrogens with one attached hydrogen (secondary N) is 1. The fraction of sp³-hybridized carbons (Fsp3) is 0.650. The SMILES string of the molecule is O=C(c1cccc2c1NCCC2)N1CCC[C@@](CO)(CC2CC2)C1. The van der Waals surface area contributed by atoms with Crippen molar-refractivity contribution in [1.29, 1.82) is 0 Å². The molecule has 1 aromatic carbocycles. The summed E-state index contributed by atoms with van der Waals surface area (Å²) in [5, 5.41) is 13.5. The summed E-state index contributed by atoms with van der Waals surface area (Å²) >= 11 is 0. The lowest BCUT2D eigenvalue weighted by atomic mass is 9.76. The van der Waals surface area contributed by atoms with Gasteiger partial charge in [-0.1, -0.05) is 25.0 Å². The number of para-hydroxylation sites is 1. The van der Waals surface area contributed by atoms with Crippen molar-refractivity contribution in [2.45, 2.75) is 44.9 Å². The molecule has 2 fully saturated rings. The van der Waals surface area contributed by atoms with Crippen LogP contribution in [0.5, 0.6) is 0 Å². The summed E-state index contributed by atoms with van der Waals surface area (Å²) in [6.45, 7) is 2.68. The number of carbonyl (C=O) groups is 1. The molecule has 3 aliphatic rings. The summed E-state index contributed by atoms with van der Waals surface area (Å²) in [7, 11) is 0. The van der Waals surface area contributed by atoms with Crippen LogP contribution in [0.15, 0.2) is 18.2 Å². The number of piperidine rings is 1. The van der Waals surface area contributed by atoms with E-state index in [1.165, 1.54) is 18.4 Å². The van der Waals surface area contributed by atoms with E-state index in [0.29, 0.717) is 6.54 Å². The number of anilines is 1. The van der Waals surface area contributed by atoms with E-state index in [1.807, 2.05) is 17.0 Å². The predicted octanol–water partition coefficient (Wildman–Crippen LogP) is 3.06. The van der Waals surface area contributed by atoms with Crippen LogP contribution in [0.1, 0.15) is 54.4 Å². The van der Waals surface area contributed by atoms with E-state index in [4.69, 9.17) is 0 Å². The molecule has 0 unspecified atom stereocenters. The largest absolute Gasteiger partial charge is 0.396 e. The molecule has 4 rings (SSSR count). The zero-order valence-electron chi connectivity index (χ0n) is 14.4. The number of aliphatic hydroxyl groups is 1. The highest BCUT2D eigenvalue weighted by molar-refractivity contribution is 6.00. The van der Waals surface area contributed by atoms with Gasteiger partial charge in [-0.2, -0.15) is 0 Å². The van der Waals surface area contributed by atoms with Gasteiger partial charge < -0.3 is 15.3 Å². The molecule has 2 N–H and O–H groups in total. The number of aryl methyl sites for hydroxylation is 1. The average molecular weight is 328 g/mol. The second-order valence-corrected chi connectivity index (χ2v) is 8.01. The Morgan fingerprint density at radius 3 is 3.00 bits per heavy atom. The summed E-state index contributed by atoms with van der Waals surface area (Å²) in [5.74, 6) is 0.910. The predicted molar refractivity (Wildman–Crippen MR) is 95.3 cm³/mol. The first kappa shape index (κ1) is 15.9. The Labute approximate surface area is 144 Å². The second-order valence-electron chi connectivity index (χ2n) is 8.01. The molecule has 0 bridgehead atoms. The summed E-state index contributed by atoms with van der Waals surface area (Å²) in [4.78, 5) is 15.2. The van der Waals surface area contributed by atoms with Gasteiger partial charge in [-0.25, -0.2) is 0 Å². The Bertz CT molecular complexity index is 626. The zero-order chi connectivity index (χ0) is 16.6. The first-order valence-corrected chi connectivity index (χ1v) is 9.47. The van der Waals surface area contributed by atoms with Gasteiger partial charge in [0.2, 0.25) is 0 Å². The molecule has 0 aromatic heterocycles.